The van der Waals surface area contributed by atoms with E-state index in [4.69, 9.17) is 5.73 Å². The maximum atomic E-state index is 13.5. The Kier molecular flexibility index (Phi) is 3.87. The molecule has 0 amide bonds. The van der Waals surface area contributed by atoms with Gasteiger partial charge in [-0.15, -0.1) is 11.8 Å². The Hall–Kier alpha value is -1.55. The maximum absolute atomic E-state index is 13.5. The first-order chi connectivity index (χ1) is 8.58. The zero-order chi connectivity index (χ0) is 13.1. The van der Waals surface area contributed by atoms with Crippen molar-refractivity contribution in [3.8, 4) is 0 Å². The van der Waals surface area contributed by atoms with Gasteiger partial charge in [0.25, 0.3) is 0 Å². The van der Waals surface area contributed by atoms with Crippen LogP contribution in [0.25, 0.3) is 0 Å². The number of nitrogens with two attached hydrogens (primary N) is 1. The molecule has 0 fully saturated rings. The van der Waals surface area contributed by atoms with Gasteiger partial charge in [0.15, 0.2) is 11.6 Å². The van der Waals surface area contributed by atoms with Gasteiger partial charge in [0.05, 0.1) is 0 Å². The summed E-state index contributed by atoms with van der Waals surface area (Å²) < 4.78 is 26.5. The lowest BCUT2D eigenvalue weighted by Gasteiger charge is -2.07. The lowest BCUT2D eigenvalue weighted by atomic mass is 10.2. The van der Waals surface area contributed by atoms with Gasteiger partial charge in [0.1, 0.15) is 0 Å². The molecule has 0 aliphatic rings. The molecule has 94 valence electrons. The van der Waals surface area contributed by atoms with Gasteiger partial charge in [-0.25, -0.2) is 8.78 Å². The van der Waals surface area contributed by atoms with E-state index >= 15 is 0 Å². The second kappa shape index (κ2) is 5.40. The molecule has 0 saturated carbocycles. The molecule has 0 saturated heterocycles. The van der Waals surface area contributed by atoms with Crippen molar-refractivity contribution in [2.24, 2.45) is 0 Å². The van der Waals surface area contributed by atoms with E-state index in [1.54, 1.807) is 12.1 Å². The number of halogens is 2. The van der Waals surface area contributed by atoms with E-state index in [2.05, 4.69) is 0 Å². The molecule has 2 N–H and O–H groups in total. The highest BCUT2D eigenvalue weighted by Crippen LogP contribution is 2.28. The summed E-state index contributed by atoms with van der Waals surface area (Å²) in [6.07, 6.45) is 0. The zero-order valence-corrected chi connectivity index (χ0v) is 10.7. The summed E-state index contributed by atoms with van der Waals surface area (Å²) in [4.78, 5) is 1.02. The number of thioether (sulfide) groups is 1. The molecule has 18 heavy (non-hydrogen) atoms. The van der Waals surface area contributed by atoms with Gasteiger partial charge in [-0.3, -0.25) is 0 Å². The number of hydrogen-bond acceptors (Lipinski definition) is 2. The Morgan fingerprint density at radius 2 is 1.94 bits per heavy atom. The number of benzene rings is 2. The third-order valence-electron chi connectivity index (χ3n) is 2.61. The number of aryl methyl sites for hydroxylation is 1. The Morgan fingerprint density at radius 3 is 2.67 bits per heavy atom. The predicted octanol–water partition coefficient (Wildman–Crippen LogP) is 4.15. The molecular weight excluding hydrogens is 252 g/mol. The van der Waals surface area contributed by atoms with Crippen molar-refractivity contribution >= 4 is 17.4 Å². The van der Waals surface area contributed by atoms with Crippen LogP contribution in [-0.2, 0) is 5.75 Å². The molecule has 0 spiro atoms. The van der Waals surface area contributed by atoms with E-state index in [1.807, 2.05) is 19.1 Å². The van der Waals surface area contributed by atoms with Crippen molar-refractivity contribution in [1.29, 1.82) is 0 Å². The zero-order valence-electron chi connectivity index (χ0n) is 9.91. The lowest BCUT2D eigenvalue weighted by Crippen LogP contribution is -1.92. The minimum absolute atomic E-state index is 0.372. The van der Waals surface area contributed by atoms with Gasteiger partial charge in [0.2, 0.25) is 0 Å². The summed E-state index contributed by atoms with van der Waals surface area (Å²) in [5, 5.41) is 0. The lowest BCUT2D eigenvalue weighted by molar-refractivity contribution is 0.502. The summed E-state index contributed by atoms with van der Waals surface area (Å²) in [6.45, 7) is 1.95. The average Bonchev–Trinajstić information content (AvgIpc) is 2.33. The summed E-state index contributed by atoms with van der Waals surface area (Å²) in [7, 11) is 0. The van der Waals surface area contributed by atoms with E-state index < -0.39 is 11.6 Å². The van der Waals surface area contributed by atoms with Crippen LogP contribution in [0.3, 0.4) is 0 Å². The van der Waals surface area contributed by atoms with Crippen LogP contribution in [0.15, 0.2) is 41.3 Å². The molecular formula is C14H13F2NS. The number of nitrogen functional groups attached to an aromatic ring is 1. The van der Waals surface area contributed by atoms with E-state index in [-0.39, 0.29) is 0 Å². The maximum Gasteiger partial charge on any atom is 0.162 e. The van der Waals surface area contributed by atoms with Gasteiger partial charge >= 0.3 is 0 Å². The highest BCUT2D eigenvalue weighted by molar-refractivity contribution is 7.98. The molecule has 2 rings (SSSR count). The van der Waals surface area contributed by atoms with Crippen molar-refractivity contribution in [2.45, 2.75) is 17.6 Å². The quantitative estimate of drug-likeness (QED) is 0.666. The van der Waals surface area contributed by atoms with Gasteiger partial charge in [-0.05, 0) is 36.8 Å². The minimum Gasteiger partial charge on any atom is -0.399 e. The summed E-state index contributed by atoms with van der Waals surface area (Å²) in [5.74, 6) is -1.17. The molecule has 0 aliphatic heterocycles. The second-order valence-corrected chi connectivity index (χ2v) is 5.04. The van der Waals surface area contributed by atoms with E-state index in [0.29, 0.717) is 17.0 Å². The fourth-order valence-electron chi connectivity index (χ4n) is 1.65. The third-order valence-corrected chi connectivity index (χ3v) is 3.84. The van der Waals surface area contributed by atoms with Gasteiger partial charge in [-0.2, -0.15) is 0 Å². The Labute approximate surface area is 109 Å². The van der Waals surface area contributed by atoms with Crippen LogP contribution < -0.4 is 5.73 Å². The normalized spacial score (nSPS) is 10.6. The van der Waals surface area contributed by atoms with Crippen LogP contribution in [0.4, 0.5) is 14.5 Å². The topological polar surface area (TPSA) is 26.0 Å². The summed E-state index contributed by atoms with van der Waals surface area (Å²) >= 11 is 1.47. The molecule has 1 nitrogen and oxygen atoms in total. The molecule has 2 aromatic rings. The molecule has 0 radical (unpaired) electrons. The predicted molar refractivity (Wildman–Crippen MR) is 71.5 cm³/mol. The van der Waals surface area contributed by atoms with Crippen molar-refractivity contribution in [2.75, 3.05) is 5.73 Å². The van der Waals surface area contributed by atoms with Crippen LogP contribution in [0.2, 0.25) is 0 Å². The first-order valence-corrected chi connectivity index (χ1v) is 6.48. The van der Waals surface area contributed by atoms with E-state index in [0.717, 1.165) is 16.5 Å². The van der Waals surface area contributed by atoms with Gasteiger partial charge in [-0.1, -0.05) is 12.1 Å². The standard InChI is InChI=1S/C14H13F2NS/c1-9-7-11(17)5-6-13(9)18-8-10-3-2-4-12(15)14(10)16/h2-7H,8,17H2,1H3. The molecule has 0 aliphatic carbocycles. The largest absolute Gasteiger partial charge is 0.399 e. The summed E-state index contributed by atoms with van der Waals surface area (Å²) in [5.41, 5.74) is 7.77. The smallest absolute Gasteiger partial charge is 0.162 e. The number of hydrogen-bond donors (Lipinski definition) is 1. The fraction of sp³-hybridized carbons (Fsp3) is 0.143. The fourth-order valence-corrected chi connectivity index (χ4v) is 2.63. The van der Waals surface area contributed by atoms with Gasteiger partial charge < -0.3 is 5.73 Å². The van der Waals surface area contributed by atoms with Crippen molar-refractivity contribution in [1.82, 2.24) is 0 Å². The monoisotopic (exact) mass is 265 g/mol. The van der Waals surface area contributed by atoms with Crippen LogP contribution in [0.1, 0.15) is 11.1 Å². The summed E-state index contributed by atoms with van der Waals surface area (Å²) in [6, 6.07) is 9.80. The Balaban J connectivity index is 2.14. The third kappa shape index (κ3) is 2.82. The van der Waals surface area contributed by atoms with Crippen molar-refractivity contribution < 1.29 is 8.78 Å². The number of anilines is 1. The molecule has 0 heterocycles. The first kappa shape index (κ1) is 12.9. The van der Waals surface area contributed by atoms with Gasteiger partial charge in [0, 0.05) is 21.9 Å². The van der Waals surface area contributed by atoms with Crippen LogP contribution in [-0.4, -0.2) is 0 Å². The molecule has 0 unspecified atom stereocenters. The highest BCUT2D eigenvalue weighted by atomic mass is 32.2. The molecule has 2 aromatic carbocycles. The Morgan fingerprint density at radius 1 is 1.17 bits per heavy atom. The first-order valence-electron chi connectivity index (χ1n) is 5.50. The van der Waals surface area contributed by atoms with Crippen molar-refractivity contribution in [3.63, 3.8) is 0 Å². The SMILES string of the molecule is Cc1cc(N)ccc1SCc1cccc(F)c1F. The molecule has 0 aromatic heterocycles. The molecule has 0 bridgehead atoms. The Bertz CT molecular complexity index is 570. The highest BCUT2D eigenvalue weighted by Gasteiger charge is 2.08. The number of rotatable bonds is 3. The van der Waals surface area contributed by atoms with Crippen LogP contribution in [0, 0.1) is 18.6 Å². The van der Waals surface area contributed by atoms with E-state index in [9.17, 15) is 8.78 Å². The minimum atomic E-state index is -0.804. The average molecular weight is 265 g/mol. The van der Waals surface area contributed by atoms with Crippen LogP contribution >= 0.6 is 11.8 Å². The van der Waals surface area contributed by atoms with Crippen molar-refractivity contribution in [3.05, 3.63) is 59.2 Å². The van der Waals surface area contributed by atoms with E-state index in [1.165, 1.54) is 17.8 Å². The molecule has 0 atom stereocenters. The second-order valence-electron chi connectivity index (χ2n) is 4.03. The molecule has 4 heteroatoms. The van der Waals surface area contributed by atoms with Crippen LogP contribution in [0.5, 0.6) is 0 Å².